The van der Waals surface area contributed by atoms with E-state index in [1.165, 1.54) is 0 Å². The lowest BCUT2D eigenvalue weighted by Gasteiger charge is -2.46. The van der Waals surface area contributed by atoms with Crippen LogP contribution in [-0.4, -0.2) is 33.9 Å². The van der Waals surface area contributed by atoms with Crippen LogP contribution in [0.15, 0.2) is 36.5 Å². The number of carbonyl (C=O) groups excluding carboxylic acids is 2. The Kier molecular flexibility index (Phi) is 3.40. The lowest BCUT2D eigenvalue weighted by atomic mass is 10.1. The maximum atomic E-state index is 12.0. The Morgan fingerprint density at radius 2 is 2.25 bits per heavy atom. The van der Waals surface area contributed by atoms with Crippen molar-refractivity contribution in [1.82, 2.24) is 10.2 Å². The fourth-order valence-corrected chi connectivity index (χ4v) is 3.46. The van der Waals surface area contributed by atoms with E-state index in [2.05, 4.69) is 5.32 Å². The monoisotopic (exact) mass is 289 g/mol. The zero-order valence-corrected chi connectivity index (χ0v) is 11.6. The maximum Gasteiger partial charge on any atom is 0.253 e. The number of nitrogens with one attached hydrogen (secondary N) is 1. The standard InChI is InChI=1S/C14H15N3O2S/c15-10-5-2-1-4-9(10)8-11(18)16-12-13(19)17-6-3-7-20-14(12)17/h1-6,12,14H,7-8,15H2,(H,16,18)/t12?,14-/m1/s1. The number of nitrogens with zero attached hydrogens (tertiary/aromatic N) is 1. The van der Waals surface area contributed by atoms with Gasteiger partial charge in [-0.2, -0.15) is 0 Å². The first-order chi connectivity index (χ1) is 9.66. The molecule has 0 bridgehead atoms. The number of carbonyl (C=O) groups is 2. The van der Waals surface area contributed by atoms with Gasteiger partial charge in [0.15, 0.2) is 0 Å². The smallest absolute Gasteiger partial charge is 0.253 e. The number of hydrogen-bond donors (Lipinski definition) is 2. The van der Waals surface area contributed by atoms with E-state index in [4.69, 9.17) is 5.73 Å². The van der Waals surface area contributed by atoms with Gasteiger partial charge < -0.3 is 16.0 Å². The molecule has 0 spiro atoms. The lowest BCUT2D eigenvalue weighted by molar-refractivity contribution is -0.144. The molecule has 1 fully saturated rings. The van der Waals surface area contributed by atoms with Crippen LogP contribution in [0.3, 0.4) is 0 Å². The van der Waals surface area contributed by atoms with Crippen molar-refractivity contribution in [1.29, 1.82) is 0 Å². The van der Waals surface area contributed by atoms with Gasteiger partial charge in [0.05, 0.1) is 6.42 Å². The van der Waals surface area contributed by atoms with Gasteiger partial charge in [-0.1, -0.05) is 24.3 Å². The first-order valence-electron chi connectivity index (χ1n) is 6.40. The second-order valence-corrected chi connectivity index (χ2v) is 5.92. The third kappa shape index (κ3) is 2.27. The molecular formula is C14H15N3O2S. The molecule has 2 aliphatic heterocycles. The molecule has 0 aliphatic carbocycles. The molecule has 104 valence electrons. The highest BCUT2D eigenvalue weighted by Crippen LogP contribution is 2.33. The SMILES string of the molecule is Nc1ccccc1CC(=O)NC1C(=O)N2C=CCS[C@H]12. The number of para-hydroxylation sites is 1. The summed E-state index contributed by atoms with van der Waals surface area (Å²) in [4.78, 5) is 25.6. The van der Waals surface area contributed by atoms with Crippen LogP contribution in [-0.2, 0) is 16.0 Å². The molecule has 2 heterocycles. The summed E-state index contributed by atoms with van der Waals surface area (Å²) < 4.78 is 0. The van der Waals surface area contributed by atoms with Crippen LogP contribution in [0, 0.1) is 0 Å². The number of rotatable bonds is 3. The molecule has 0 radical (unpaired) electrons. The lowest BCUT2D eigenvalue weighted by Crippen LogP contribution is -2.68. The van der Waals surface area contributed by atoms with Gasteiger partial charge in [-0.05, 0) is 11.6 Å². The summed E-state index contributed by atoms with van der Waals surface area (Å²) in [5, 5.41) is 2.83. The number of fused-ring (bicyclic) bond motifs is 1. The molecule has 5 nitrogen and oxygen atoms in total. The van der Waals surface area contributed by atoms with E-state index in [0.29, 0.717) is 5.69 Å². The van der Waals surface area contributed by atoms with Crippen molar-refractivity contribution in [3.63, 3.8) is 0 Å². The van der Waals surface area contributed by atoms with Gasteiger partial charge in [0.2, 0.25) is 5.91 Å². The van der Waals surface area contributed by atoms with Crippen molar-refractivity contribution in [2.45, 2.75) is 17.8 Å². The van der Waals surface area contributed by atoms with Crippen LogP contribution >= 0.6 is 11.8 Å². The van der Waals surface area contributed by atoms with Crippen molar-refractivity contribution >= 4 is 29.3 Å². The predicted octanol–water partition coefficient (Wildman–Crippen LogP) is 0.725. The average molecular weight is 289 g/mol. The molecule has 2 amide bonds. The second kappa shape index (κ2) is 5.20. The number of β-lactam (4-membered cyclic amide) rings is 1. The summed E-state index contributed by atoms with van der Waals surface area (Å²) in [5.74, 6) is 0.649. The van der Waals surface area contributed by atoms with Crippen LogP contribution in [0.1, 0.15) is 5.56 Å². The second-order valence-electron chi connectivity index (χ2n) is 4.77. The van der Waals surface area contributed by atoms with E-state index >= 15 is 0 Å². The van der Waals surface area contributed by atoms with Gasteiger partial charge in [-0.3, -0.25) is 9.59 Å². The van der Waals surface area contributed by atoms with Crippen LogP contribution in [0.4, 0.5) is 5.69 Å². The van der Waals surface area contributed by atoms with Crippen LogP contribution in [0.25, 0.3) is 0 Å². The third-order valence-corrected chi connectivity index (χ3v) is 4.66. The number of anilines is 1. The molecule has 20 heavy (non-hydrogen) atoms. The summed E-state index contributed by atoms with van der Waals surface area (Å²) in [6, 6.07) is 6.84. The molecule has 2 atom stereocenters. The first kappa shape index (κ1) is 13.1. The quantitative estimate of drug-likeness (QED) is 0.635. The van der Waals surface area contributed by atoms with E-state index < -0.39 is 6.04 Å². The summed E-state index contributed by atoms with van der Waals surface area (Å²) in [5.41, 5.74) is 7.19. The highest BCUT2D eigenvalue weighted by atomic mass is 32.2. The fraction of sp³-hybridized carbons (Fsp3) is 0.286. The van der Waals surface area contributed by atoms with Gasteiger partial charge in [-0.15, -0.1) is 11.8 Å². The van der Waals surface area contributed by atoms with E-state index in [0.717, 1.165) is 11.3 Å². The number of amides is 2. The predicted molar refractivity (Wildman–Crippen MR) is 78.7 cm³/mol. The van der Waals surface area contributed by atoms with Crippen molar-refractivity contribution in [3.05, 3.63) is 42.1 Å². The Morgan fingerprint density at radius 1 is 1.45 bits per heavy atom. The number of benzene rings is 1. The summed E-state index contributed by atoms with van der Waals surface area (Å²) in [6.45, 7) is 0. The van der Waals surface area contributed by atoms with Gasteiger partial charge in [-0.25, -0.2) is 0 Å². The summed E-state index contributed by atoms with van der Waals surface area (Å²) in [7, 11) is 0. The molecule has 2 aliphatic rings. The minimum absolute atomic E-state index is 0.0320. The van der Waals surface area contributed by atoms with E-state index in [9.17, 15) is 9.59 Å². The topological polar surface area (TPSA) is 75.4 Å². The number of nitrogen functional groups attached to an aromatic ring is 1. The molecule has 1 unspecified atom stereocenters. The Labute approximate surface area is 121 Å². The first-order valence-corrected chi connectivity index (χ1v) is 7.45. The maximum absolute atomic E-state index is 12.0. The van der Waals surface area contributed by atoms with Crippen LogP contribution in [0.5, 0.6) is 0 Å². The highest BCUT2D eigenvalue weighted by molar-refractivity contribution is 8.00. The zero-order valence-electron chi connectivity index (χ0n) is 10.8. The molecule has 0 saturated carbocycles. The zero-order chi connectivity index (χ0) is 14.1. The average Bonchev–Trinajstić information content (AvgIpc) is 2.47. The van der Waals surface area contributed by atoms with Gasteiger partial charge in [0.1, 0.15) is 11.4 Å². The van der Waals surface area contributed by atoms with Crippen LogP contribution < -0.4 is 11.1 Å². The third-order valence-electron chi connectivity index (χ3n) is 3.43. The van der Waals surface area contributed by atoms with Gasteiger partial charge in [0, 0.05) is 17.6 Å². The van der Waals surface area contributed by atoms with Crippen molar-refractivity contribution in [2.75, 3.05) is 11.5 Å². The molecule has 3 rings (SSSR count). The number of thioether (sulfide) groups is 1. The van der Waals surface area contributed by atoms with Gasteiger partial charge in [0.25, 0.3) is 5.91 Å². The summed E-state index contributed by atoms with van der Waals surface area (Å²) >= 11 is 1.66. The van der Waals surface area contributed by atoms with E-state index in [1.54, 1.807) is 28.9 Å². The largest absolute Gasteiger partial charge is 0.398 e. The number of hydrogen-bond acceptors (Lipinski definition) is 4. The van der Waals surface area contributed by atoms with Crippen molar-refractivity contribution in [2.24, 2.45) is 0 Å². The molecule has 0 aromatic heterocycles. The Hall–Kier alpha value is -1.95. The molecule has 1 aromatic carbocycles. The Bertz CT molecular complexity index is 588. The summed E-state index contributed by atoms with van der Waals surface area (Å²) in [6.07, 6.45) is 3.94. The number of nitrogens with two attached hydrogens (primary N) is 1. The van der Waals surface area contributed by atoms with Crippen LogP contribution in [0.2, 0.25) is 0 Å². The minimum Gasteiger partial charge on any atom is -0.398 e. The van der Waals surface area contributed by atoms with Gasteiger partial charge >= 0.3 is 0 Å². The molecule has 1 aromatic rings. The highest BCUT2D eigenvalue weighted by Gasteiger charge is 2.48. The van der Waals surface area contributed by atoms with Crippen molar-refractivity contribution < 1.29 is 9.59 Å². The Balaban J connectivity index is 1.61. The fourth-order valence-electron chi connectivity index (χ4n) is 2.36. The Morgan fingerprint density at radius 3 is 3.05 bits per heavy atom. The molecule has 6 heteroatoms. The van der Waals surface area contributed by atoms with E-state index in [1.807, 2.05) is 24.3 Å². The minimum atomic E-state index is -0.414. The normalized spacial score (nSPS) is 24.0. The molecular weight excluding hydrogens is 274 g/mol. The van der Waals surface area contributed by atoms with E-state index in [-0.39, 0.29) is 23.6 Å². The van der Waals surface area contributed by atoms with Crippen molar-refractivity contribution in [3.8, 4) is 0 Å². The molecule has 3 N–H and O–H groups in total. The molecule has 1 saturated heterocycles.